The number of carbonyl (C=O) groups is 2. The van der Waals surface area contributed by atoms with Crippen molar-refractivity contribution >= 4 is 17.4 Å². The SMILES string of the molecule is COc1c(C)cc(C)cc1/C(O)=C1\C(=O)C(=O)N(Cc2cccnc2)C1c1ccc(C(C)C)cc1. The molecule has 3 aromatic rings. The fourth-order valence-corrected chi connectivity index (χ4v) is 4.69. The maximum absolute atomic E-state index is 13.4. The molecule has 180 valence electrons. The Hall–Kier alpha value is -3.93. The highest BCUT2D eigenvalue weighted by molar-refractivity contribution is 6.46. The maximum Gasteiger partial charge on any atom is 0.295 e. The monoisotopic (exact) mass is 470 g/mol. The molecule has 1 saturated heterocycles. The predicted octanol–water partition coefficient (Wildman–Crippen LogP) is 5.45. The Labute approximate surface area is 205 Å². The second kappa shape index (κ2) is 9.74. The number of hydrogen-bond donors (Lipinski definition) is 1. The van der Waals surface area contributed by atoms with Gasteiger partial charge in [0.2, 0.25) is 0 Å². The van der Waals surface area contributed by atoms with Crippen molar-refractivity contribution in [2.45, 2.75) is 46.2 Å². The zero-order valence-electron chi connectivity index (χ0n) is 20.7. The van der Waals surface area contributed by atoms with Crippen LogP contribution < -0.4 is 4.74 Å². The largest absolute Gasteiger partial charge is 0.507 e. The number of ether oxygens (including phenoxy) is 1. The second-order valence-electron chi connectivity index (χ2n) is 9.27. The summed E-state index contributed by atoms with van der Waals surface area (Å²) in [5.41, 5.74) is 4.88. The van der Waals surface area contributed by atoms with Gasteiger partial charge in [-0.3, -0.25) is 14.6 Å². The van der Waals surface area contributed by atoms with Gasteiger partial charge in [-0.05, 0) is 59.7 Å². The number of pyridine rings is 1. The van der Waals surface area contributed by atoms with E-state index in [1.54, 1.807) is 24.5 Å². The minimum atomic E-state index is -0.748. The van der Waals surface area contributed by atoms with Crippen LogP contribution in [0.25, 0.3) is 5.76 Å². The number of Topliss-reactive ketones (excluding diaryl/α,β-unsaturated/α-hetero) is 1. The summed E-state index contributed by atoms with van der Waals surface area (Å²) in [7, 11) is 1.53. The summed E-state index contributed by atoms with van der Waals surface area (Å²) in [4.78, 5) is 32.3. The molecule has 1 amide bonds. The number of ketones is 1. The molecule has 0 bridgehead atoms. The molecule has 1 N–H and O–H groups in total. The average Bonchev–Trinajstić information content (AvgIpc) is 3.08. The number of aliphatic hydroxyl groups is 1. The molecule has 35 heavy (non-hydrogen) atoms. The molecule has 0 spiro atoms. The van der Waals surface area contributed by atoms with Gasteiger partial charge in [0.05, 0.1) is 24.3 Å². The molecule has 0 aliphatic carbocycles. The van der Waals surface area contributed by atoms with Gasteiger partial charge in [-0.25, -0.2) is 0 Å². The van der Waals surface area contributed by atoms with Gasteiger partial charge in [0.25, 0.3) is 11.7 Å². The highest BCUT2D eigenvalue weighted by Gasteiger charge is 2.46. The number of benzene rings is 2. The molecule has 2 aromatic carbocycles. The Morgan fingerprint density at radius 2 is 1.83 bits per heavy atom. The third-order valence-electron chi connectivity index (χ3n) is 6.41. The number of methoxy groups -OCH3 is 1. The van der Waals surface area contributed by atoms with Crippen LogP contribution in [0.4, 0.5) is 0 Å². The van der Waals surface area contributed by atoms with Gasteiger partial charge in [0.15, 0.2) is 0 Å². The van der Waals surface area contributed by atoms with Gasteiger partial charge in [0, 0.05) is 18.9 Å². The predicted molar refractivity (Wildman–Crippen MR) is 135 cm³/mol. The average molecular weight is 471 g/mol. The van der Waals surface area contributed by atoms with Crippen molar-refractivity contribution in [3.05, 3.63) is 99.9 Å². The normalized spacial score (nSPS) is 17.3. The second-order valence-corrected chi connectivity index (χ2v) is 9.27. The number of nitrogens with zero attached hydrogens (tertiary/aromatic N) is 2. The van der Waals surface area contributed by atoms with Gasteiger partial charge < -0.3 is 14.7 Å². The Morgan fingerprint density at radius 3 is 2.43 bits per heavy atom. The summed E-state index contributed by atoms with van der Waals surface area (Å²) in [6.45, 7) is 8.19. The van der Waals surface area contributed by atoms with Crippen molar-refractivity contribution in [2.75, 3.05) is 7.11 Å². The van der Waals surface area contributed by atoms with Crippen LogP contribution in [0.3, 0.4) is 0 Å². The smallest absolute Gasteiger partial charge is 0.295 e. The van der Waals surface area contributed by atoms with Crippen LogP contribution in [0, 0.1) is 13.8 Å². The summed E-state index contributed by atoms with van der Waals surface area (Å²) in [6.07, 6.45) is 3.33. The Bertz CT molecular complexity index is 1290. The van der Waals surface area contributed by atoms with E-state index >= 15 is 0 Å². The van der Waals surface area contributed by atoms with Crippen LogP contribution >= 0.6 is 0 Å². The Kier molecular flexibility index (Phi) is 6.74. The minimum Gasteiger partial charge on any atom is -0.507 e. The molecule has 1 aromatic heterocycles. The van der Waals surface area contributed by atoms with Gasteiger partial charge >= 0.3 is 0 Å². The third-order valence-corrected chi connectivity index (χ3v) is 6.41. The number of aryl methyl sites for hydroxylation is 2. The van der Waals surface area contributed by atoms with Gasteiger partial charge in [-0.15, -0.1) is 0 Å². The van der Waals surface area contributed by atoms with Crippen LogP contribution in [0.2, 0.25) is 0 Å². The number of amides is 1. The van der Waals surface area contributed by atoms with Crippen molar-refractivity contribution in [3.63, 3.8) is 0 Å². The molecule has 1 aliphatic rings. The number of hydrogen-bond acceptors (Lipinski definition) is 5. The molecule has 6 nitrogen and oxygen atoms in total. The van der Waals surface area contributed by atoms with Gasteiger partial charge in [0.1, 0.15) is 11.5 Å². The number of carbonyl (C=O) groups excluding carboxylic acids is 2. The van der Waals surface area contributed by atoms with Crippen molar-refractivity contribution in [3.8, 4) is 5.75 Å². The lowest BCUT2D eigenvalue weighted by Crippen LogP contribution is -2.29. The van der Waals surface area contributed by atoms with Gasteiger partial charge in [-0.1, -0.05) is 50.2 Å². The fraction of sp³-hybridized carbons (Fsp3) is 0.276. The van der Waals surface area contributed by atoms with E-state index in [2.05, 4.69) is 18.8 Å². The Morgan fingerprint density at radius 1 is 1.11 bits per heavy atom. The number of aromatic nitrogens is 1. The van der Waals surface area contributed by atoms with E-state index in [9.17, 15) is 14.7 Å². The van der Waals surface area contributed by atoms with Crippen molar-refractivity contribution in [1.29, 1.82) is 0 Å². The van der Waals surface area contributed by atoms with Gasteiger partial charge in [-0.2, -0.15) is 0 Å². The maximum atomic E-state index is 13.4. The lowest BCUT2D eigenvalue weighted by molar-refractivity contribution is -0.140. The van der Waals surface area contributed by atoms with E-state index in [0.717, 1.165) is 27.8 Å². The molecular weight excluding hydrogens is 440 g/mol. The molecule has 0 radical (unpaired) electrons. The summed E-state index contributed by atoms with van der Waals surface area (Å²) >= 11 is 0. The summed E-state index contributed by atoms with van der Waals surface area (Å²) in [5, 5.41) is 11.5. The topological polar surface area (TPSA) is 79.7 Å². The van der Waals surface area contributed by atoms with Crippen molar-refractivity contribution < 1.29 is 19.4 Å². The lowest BCUT2D eigenvalue weighted by atomic mass is 9.92. The zero-order chi connectivity index (χ0) is 25.3. The van der Waals surface area contributed by atoms with Crippen LogP contribution in [-0.2, 0) is 16.1 Å². The number of rotatable bonds is 6. The summed E-state index contributed by atoms with van der Waals surface area (Å²) in [5.74, 6) is -0.799. The van der Waals surface area contributed by atoms with E-state index in [4.69, 9.17) is 4.74 Å². The quantitative estimate of drug-likeness (QED) is 0.294. The van der Waals surface area contributed by atoms with E-state index in [1.165, 1.54) is 12.0 Å². The number of aliphatic hydroxyl groups excluding tert-OH is 1. The van der Waals surface area contributed by atoms with Crippen LogP contribution in [-0.4, -0.2) is 33.8 Å². The molecule has 0 saturated carbocycles. The van der Waals surface area contributed by atoms with Crippen LogP contribution in [0.1, 0.15) is 59.2 Å². The van der Waals surface area contributed by atoms with E-state index < -0.39 is 17.7 Å². The first-order valence-electron chi connectivity index (χ1n) is 11.7. The standard InChI is InChI=1S/C29H30N2O4/c1-17(2)21-8-10-22(11-9-21)25-24(26(32)23-14-18(3)13-19(4)28(23)35-5)27(33)29(34)31(25)16-20-7-6-12-30-15-20/h6-15,17,25,32H,16H2,1-5H3/b26-24+. The number of likely N-dealkylation sites (tertiary alicyclic amines) is 1. The summed E-state index contributed by atoms with van der Waals surface area (Å²) in [6, 6.07) is 14.5. The lowest BCUT2D eigenvalue weighted by Gasteiger charge is -2.26. The third kappa shape index (κ3) is 4.56. The Balaban J connectivity index is 1.92. The highest BCUT2D eigenvalue weighted by atomic mass is 16.5. The molecule has 6 heteroatoms. The zero-order valence-corrected chi connectivity index (χ0v) is 20.7. The van der Waals surface area contributed by atoms with Crippen molar-refractivity contribution in [1.82, 2.24) is 9.88 Å². The first-order chi connectivity index (χ1) is 16.7. The minimum absolute atomic E-state index is 0.0551. The first kappa shape index (κ1) is 24.2. The first-order valence-corrected chi connectivity index (χ1v) is 11.7. The van der Waals surface area contributed by atoms with E-state index in [0.29, 0.717) is 17.2 Å². The van der Waals surface area contributed by atoms with Crippen LogP contribution in [0.5, 0.6) is 5.75 Å². The molecule has 1 unspecified atom stereocenters. The molecule has 2 heterocycles. The molecule has 1 aliphatic heterocycles. The van der Waals surface area contributed by atoms with Crippen molar-refractivity contribution in [2.24, 2.45) is 0 Å². The molecule has 1 atom stereocenters. The fourth-order valence-electron chi connectivity index (χ4n) is 4.69. The summed E-state index contributed by atoms with van der Waals surface area (Å²) < 4.78 is 5.57. The molecule has 1 fully saturated rings. The molecule has 4 rings (SSSR count). The molecular formula is C29H30N2O4. The highest BCUT2D eigenvalue weighted by Crippen LogP contribution is 2.42. The van der Waals surface area contributed by atoms with Crippen LogP contribution in [0.15, 0.2) is 66.5 Å². The van der Waals surface area contributed by atoms with E-state index in [-0.39, 0.29) is 17.9 Å². The van der Waals surface area contributed by atoms with E-state index in [1.807, 2.05) is 50.2 Å².